The van der Waals surface area contributed by atoms with Crippen LogP contribution in [0.15, 0.2) is 22.9 Å². The summed E-state index contributed by atoms with van der Waals surface area (Å²) in [5.41, 5.74) is 0. The first-order valence-electron chi connectivity index (χ1n) is 8.66. The van der Waals surface area contributed by atoms with E-state index in [4.69, 9.17) is 9.15 Å². The van der Waals surface area contributed by atoms with E-state index in [1.165, 1.54) is 12.8 Å². The monoisotopic (exact) mass is 316 g/mol. The quantitative estimate of drug-likeness (QED) is 0.939. The summed E-state index contributed by atoms with van der Waals surface area (Å²) < 4.78 is 11.8. The van der Waals surface area contributed by atoms with Gasteiger partial charge in [0.15, 0.2) is 0 Å². The Hall–Kier alpha value is -1.66. The van der Waals surface area contributed by atoms with Crippen LogP contribution in [-0.4, -0.2) is 39.8 Å². The maximum Gasteiger partial charge on any atom is 0.137 e. The number of aromatic amines is 1. The second-order valence-corrected chi connectivity index (χ2v) is 6.58. The van der Waals surface area contributed by atoms with Gasteiger partial charge in [-0.25, -0.2) is 4.98 Å². The molecule has 2 aliphatic heterocycles. The zero-order valence-electron chi connectivity index (χ0n) is 13.4. The molecule has 0 spiro atoms. The van der Waals surface area contributed by atoms with E-state index in [-0.39, 0.29) is 6.10 Å². The fourth-order valence-electron chi connectivity index (χ4n) is 3.61. The molecule has 6 heteroatoms. The van der Waals surface area contributed by atoms with Gasteiger partial charge >= 0.3 is 0 Å². The molecular weight excluding hydrogens is 292 g/mol. The molecule has 0 amide bonds. The summed E-state index contributed by atoms with van der Waals surface area (Å²) in [7, 11) is 0. The minimum atomic E-state index is 0.162. The van der Waals surface area contributed by atoms with Crippen LogP contribution in [0, 0.1) is 0 Å². The number of furan rings is 1. The second-order valence-electron chi connectivity index (χ2n) is 6.58. The SMILES string of the molecule is c1n[nH]c(C2CCN(Cc3ccc([C@@H]4CCCCO4)o3)CC2)n1. The van der Waals surface area contributed by atoms with E-state index in [1.54, 1.807) is 6.33 Å². The lowest BCUT2D eigenvalue weighted by Crippen LogP contribution is -2.32. The van der Waals surface area contributed by atoms with Crippen LogP contribution >= 0.6 is 0 Å². The average Bonchev–Trinajstić information content (AvgIpc) is 3.28. The van der Waals surface area contributed by atoms with Crippen LogP contribution in [0.5, 0.6) is 0 Å². The van der Waals surface area contributed by atoms with Crippen LogP contribution in [0.25, 0.3) is 0 Å². The van der Waals surface area contributed by atoms with Crippen molar-refractivity contribution in [2.75, 3.05) is 19.7 Å². The van der Waals surface area contributed by atoms with Crippen molar-refractivity contribution in [2.45, 2.75) is 50.7 Å². The van der Waals surface area contributed by atoms with E-state index >= 15 is 0 Å². The van der Waals surface area contributed by atoms with Crippen LogP contribution in [0.1, 0.15) is 61.5 Å². The topological polar surface area (TPSA) is 67.2 Å². The van der Waals surface area contributed by atoms with Crippen molar-refractivity contribution >= 4 is 0 Å². The van der Waals surface area contributed by atoms with Crippen LogP contribution in [-0.2, 0) is 11.3 Å². The second kappa shape index (κ2) is 6.84. The normalized spacial score (nSPS) is 24.1. The molecule has 0 bridgehead atoms. The van der Waals surface area contributed by atoms with E-state index in [1.807, 2.05) is 0 Å². The Morgan fingerprint density at radius 2 is 2.09 bits per heavy atom. The number of ether oxygens (including phenoxy) is 1. The van der Waals surface area contributed by atoms with Gasteiger partial charge in [-0.2, -0.15) is 5.10 Å². The van der Waals surface area contributed by atoms with Gasteiger partial charge in [0.2, 0.25) is 0 Å². The fourth-order valence-corrected chi connectivity index (χ4v) is 3.61. The van der Waals surface area contributed by atoms with Gasteiger partial charge in [0.25, 0.3) is 0 Å². The number of piperidine rings is 1. The van der Waals surface area contributed by atoms with Gasteiger partial charge in [-0.05, 0) is 57.3 Å². The maximum absolute atomic E-state index is 6.03. The molecule has 2 fully saturated rings. The van der Waals surface area contributed by atoms with Crippen molar-refractivity contribution in [3.63, 3.8) is 0 Å². The minimum absolute atomic E-state index is 0.162. The van der Waals surface area contributed by atoms with Crippen molar-refractivity contribution in [2.24, 2.45) is 0 Å². The summed E-state index contributed by atoms with van der Waals surface area (Å²) in [6.45, 7) is 3.88. The first kappa shape index (κ1) is 14.9. The first-order chi connectivity index (χ1) is 11.4. The molecule has 2 aliphatic rings. The Morgan fingerprint density at radius 1 is 1.17 bits per heavy atom. The zero-order valence-corrected chi connectivity index (χ0v) is 13.4. The van der Waals surface area contributed by atoms with Gasteiger partial charge in [-0.1, -0.05) is 0 Å². The van der Waals surface area contributed by atoms with E-state index in [2.05, 4.69) is 32.2 Å². The predicted octanol–water partition coefficient (Wildman–Crippen LogP) is 3.02. The van der Waals surface area contributed by atoms with Crippen LogP contribution in [0.3, 0.4) is 0 Å². The molecule has 23 heavy (non-hydrogen) atoms. The Morgan fingerprint density at radius 3 is 2.83 bits per heavy atom. The van der Waals surface area contributed by atoms with Gasteiger partial charge in [0.05, 0.1) is 6.54 Å². The average molecular weight is 316 g/mol. The molecule has 2 aromatic heterocycles. The van der Waals surface area contributed by atoms with Gasteiger partial charge < -0.3 is 9.15 Å². The molecule has 0 unspecified atom stereocenters. The lowest BCUT2D eigenvalue weighted by molar-refractivity contribution is 0.000764. The lowest BCUT2D eigenvalue weighted by Gasteiger charge is -2.30. The summed E-state index contributed by atoms with van der Waals surface area (Å²) in [5.74, 6) is 3.58. The highest BCUT2D eigenvalue weighted by Gasteiger charge is 2.24. The highest BCUT2D eigenvalue weighted by molar-refractivity contribution is 5.10. The lowest BCUT2D eigenvalue weighted by atomic mass is 9.96. The predicted molar refractivity (Wildman–Crippen MR) is 84.9 cm³/mol. The molecule has 2 saturated heterocycles. The number of likely N-dealkylation sites (tertiary alicyclic amines) is 1. The Labute approximate surface area is 136 Å². The summed E-state index contributed by atoms with van der Waals surface area (Å²) >= 11 is 0. The molecule has 0 aliphatic carbocycles. The molecule has 1 N–H and O–H groups in total. The number of hydrogen-bond acceptors (Lipinski definition) is 5. The van der Waals surface area contributed by atoms with Gasteiger partial charge in [0.1, 0.15) is 29.8 Å². The van der Waals surface area contributed by atoms with E-state index < -0.39 is 0 Å². The fraction of sp³-hybridized carbons (Fsp3) is 0.647. The molecule has 6 nitrogen and oxygen atoms in total. The van der Waals surface area contributed by atoms with Gasteiger partial charge in [-0.15, -0.1) is 0 Å². The third-order valence-corrected chi connectivity index (χ3v) is 4.97. The third kappa shape index (κ3) is 3.48. The van der Waals surface area contributed by atoms with Crippen molar-refractivity contribution in [3.05, 3.63) is 35.8 Å². The van der Waals surface area contributed by atoms with Crippen molar-refractivity contribution in [1.29, 1.82) is 0 Å². The molecule has 0 saturated carbocycles. The van der Waals surface area contributed by atoms with Crippen LogP contribution in [0.4, 0.5) is 0 Å². The van der Waals surface area contributed by atoms with E-state index in [9.17, 15) is 0 Å². The molecule has 2 aromatic rings. The number of aromatic nitrogens is 3. The van der Waals surface area contributed by atoms with Crippen molar-refractivity contribution in [1.82, 2.24) is 20.1 Å². The van der Waals surface area contributed by atoms with E-state index in [0.29, 0.717) is 5.92 Å². The highest BCUT2D eigenvalue weighted by Crippen LogP contribution is 2.30. The molecule has 0 radical (unpaired) electrons. The Balaban J connectivity index is 1.30. The molecular formula is C17H24N4O2. The number of rotatable bonds is 4. The molecule has 1 atom stereocenters. The summed E-state index contributed by atoms with van der Waals surface area (Å²) in [6.07, 6.45) is 7.48. The smallest absolute Gasteiger partial charge is 0.137 e. The zero-order chi connectivity index (χ0) is 15.5. The Bertz CT molecular complexity index is 596. The number of H-pyrrole nitrogens is 1. The standard InChI is InChI=1S/C17H24N4O2/c1-2-10-22-15(3-1)16-5-4-14(23-16)11-21-8-6-13(7-9-21)17-18-12-19-20-17/h4-5,12-13,15H,1-3,6-11H2,(H,18,19,20)/t15-/m0/s1. The summed E-state index contributed by atoms with van der Waals surface area (Å²) in [5, 5.41) is 6.95. The summed E-state index contributed by atoms with van der Waals surface area (Å²) in [4.78, 5) is 6.74. The summed E-state index contributed by atoms with van der Waals surface area (Å²) in [6, 6.07) is 4.20. The number of hydrogen-bond donors (Lipinski definition) is 1. The third-order valence-electron chi connectivity index (χ3n) is 4.97. The molecule has 4 heterocycles. The largest absolute Gasteiger partial charge is 0.462 e. The van der Waals surface area contributed by atoms with Crippen molar-refractivity contribution in [3.8, 4) is 0 Å². The molecule has 124 valence electrons. The number of nitrogens with one attached hydrogen (secondary N) is 1. The number of nitrogens with zero attached hydrogens (tertiary/aromatic N) is 3. The van der Waals surface area contributed by atoms with E-state index in [0.717, 1.165) is 62.8 Å². The molecule has 0 aromatic carbocycles. The maximum atomic E-state index is 6.03. The van der Waals surface area contributed by atoms with Crippen LogP contribution < -0.4 is 0 Å². The van der Waals surface area contributed by atoms with Crippen molar-refractivity contribution < 1.29 is 9.15 Å². The highest BCUT2D eigenvalue weighted by atomic mass is 16.5. The first-order valence-corrected chi connectivity index (χ1v) is 8.66. The van der Waals surface area contributed by atoms with Gasteiger partial charge in [0, 0.05) is 12.5 Å². The van der Waals surface area contributed by atoms with Gasteiger partial charge in [-0.3, -0.25) is 10.00 Å². The molecule has 4 rings (SSSR count). The minimum Gasteiger partial charge on any atom is -0.462 e. The van der Waals surface area contributed by atoms with Crippen LogP contribution in [0.2, 0.25) is 0 Å². The Kier molecular flexibility index (Phi) is 4.43.